The number of ketones is 1. The fraction of sp³-hybridized carbons (Fsp3) is 0.273. The lowest BCUT2D eigenvalue weighted by molar-refractivity contribution is -0.140. The molecule has 1 heterocycles. The highest BCUT2D eigenvalue weighted by molar-refractivity contribution is 6.46. The van der Waals surface area contributed by atoms with Crippen LogP contribution in [0.1, 0.15) is 17.2 Å². The maximum Gasteiger partial charge on any atom is 0.295 e. The Bertz CT molecular complexity index is 954. The number of methoxy groups -OCH3 is 1. The normalized spacial score (nSPS) is 18.5. The number of hydrogen-bond acceptors (Lipinski definition) is 5. The van der Waals surface area contributed by atoms with E-state index >= 15 is 0 Å². The predicted molar refractivity (Wildman–Crippen MR) is 112 cm³/mol. The largest absolute Gasteiger partial charge is 0.507 e. The zero-order valence-electron chi connectivity index (χ0n) is 16.6. The van der Waals surface area contributed by atoms with Crippen molar-refractivity contribution in [2.75, 3.05) is 34.3 Å². The van der Waals surface area contributed by atoms with Gasteiger partial charge >= 0.3 is 0 Å². The summed E-state index contributed by atoms with van der Waals surface area (Å²) in [5.74, 6) is -1.05. The van der Waals surface area contributed by atoms with Gasteiger partial charge in [-0.3, -0.25) is 9.59 Å². The first kappa shape index (κ1) is 20.9. The molecular formula is C22H23ClN2O4. The summed E-state index contributed by atoms with van der Waals surface area (Å²) in [6, 6.07) is 12.9. The third kappa shape index (κ3) is 4.13. The maximum absolute atomic E-state index is 12.9. The van der Waals surface area contributed by atoms with Crippen molar-refractivity contribution in [1.82, 2.24) is 9.80 Å². The van der Waals surface area contributed by atoms with Gasteiger partial charge in [0, 0.05) is 29.2 Å². The van der Waals surface area contributed by atoms with E-state index in [1.54, 1.807) is 36.4 Å². The second kappa shape index (κ2) is 8.68. The quantitative estimate of drug-likeness (QED) is 0.446. The Balaban J connectivity index is 2.18. The van der Waals surface area contributed by atoms with Gasteiger partial charge < -0.3 is 19.6 Å². The molecule has 1 aliphatic rings. The van der Waals surface area contributed by atoms with E-state index in [1.165, 1.54) is 12.0 Å². The molecular weight excluding hydrogens is 392 g/mol. The minimum atomic E-state index is -0.748. The molecule has 7 heteroatoms. The number of carbonyl (C=O) groups excluding carboxylic acids is 2. The lowest BCUT2D eigenvalue weighted by Crippen LogP contribution is -2.35. The molecule has 0 aromatic heterocycles. The highest BCUT2D eigenvalue weighted by atomic mass is 35.5. The van der Waals surface area contributed by atoms with E-state index in [0.717, 1.165) is 0 Å². The molecule has 1 saturated heterocycles. The van der Waals surface area contributed by atoms with Crippen LogP contribution >= 0.6 is 11.6 Å². The summed E-state index contributed by atoms with van der Waals surface area (Å²) >= 11 is 5.94. The van der Waals surface area contributed by atoms with Crippen molar-refractivity contribution in [3.8, 4) is 5.75 Å². The van der Waals surface area contributed by atoms with Crippen molar-refractivity contribution >= 4 is 29.1 Å². The first-order valence-corrected chi connectivity index (χ1v) is 9.55. The van der Waals surface area contributed by atoms with E-state index in [0.29, 0.717) is 35.0 Å². The van der Waals surface area contributed by atoms with Gasteiger partial charge in [0.1, 0.15) is 11.5 Å². The van der Waals surface area contributed by atoms with E-state index in [-0.39, 0.29) is 11.3 Å². The second-order valence-corrected chi connectivity index (χ2v) is 7.48. The van der Waals surface area contributed by atoms with Crippen LogP contribution in [-0.4, -0.2) is 60.9 Å². The number of rotatable bonds is 6. The summed E-state index contributed by atoms with van der Waals surface area (Å²) in [5.41, 5.74) is 1.10. The van der Waals surface area contributed by atoms with Gasteiger partial charge in [-0.25, -0.2) is 0 Å². The Morgan fingerprint density at radius 3 is 2.41 bits per heavy atom. The zero-order chi connectivity index (χ0) is 21.1. The molecule has 1 atom stereocenters. The summed E-state index contributed by atoms with van der Waals surface area (Å²) in [5, 5.41) is 11.5. The van der Waals surface area contributed by atoms with Gasteiger partial charge in [0.05, 0.1) is 18.7 Å². The van der Waals surface area contributed by atoms with E-state index in [4.69, 9.17) is 16.3 Å². The molecule has 1 fully saturated rings. The summed E-state index contributed by atoms with van der Waals surface area (Å²) < 4.78 is 5.47. The predicted octanol–water partition coefficient (Wildman–Crippen LogP) is 3.33. The molecule has 1 aliphatic heterocycles. The number of Topliss-reactive ketones (excluding diaryl/α,β-unsaturated/α-hetero) is 1. The number of para-hydroxylation sites is 1. The Hall–Kier alpha value is -2.83. The van der Waals surface area contributed by atoms with Gasteiger partial charge in [0.2, 0.25) is 0 Å². The van der Waals surface area contributed by atoms with Gasteiger partial charge in [-0.05, 0) is 44.4 Å². The van der Waals surface area contributed by atoms with Gasteiger partial charge in [-0.1, -0.05) is 29.8 Å². The van der Waals surface area contributed by atoms with Crippen LogP contribution in [0.2, 0.25) is 5.02 Å². The van der Waals surface area contributed by atoms with Crippen LogP contribution in [-0.2, 0) is 9.59 Å². The average Bonchev–Trinajstić information content (AvgIpc) is 2.96. The third-order valence-corrected chi connectivity index (χ3v) is 5.13. The Labute approximate surface area is 174 Å². The fourth-order valence-corrected chi connectivity index (χ4v) is 3.52. The van der Waals surface area contributed by atoms with Gasteiger partial charge in [0.15, 0.2) is 0 Å². The van der Waals surface area contributed by atoms with Crippen LogP contribution in [0, 0.1) is 0 Å². The van der Waals surface area contributed by atoms with Crippen molar-refractivity contribution in [3.05, 3.63) is 70.3 Å². The number of carbonyl (C=O) groups is 2. The molecule has 0 bridgehead atoms. The summed E-state index contributed by atoms with van der Waals surface area (Å²) in [6.07, 6.45) is 0. The van der Waals surface area contributed by atoms with Crippen LogP contribution in [0.25, 0.3) is 5.76 Å². The standard InChI is InChI=1S/C22H23ClN2O4/c1-24(2)12-13-25-19(16-6-4-5-7-17(16)29-3)18(21(27)22(25)28)20(26)14-8-10-15(23)11-9-14/h4-11,19,26H,12-13H2,1-3H3/b20-18-. The lowest BCUT2D eigenvalue weighted by Gasteiger charge is -2.27. The molecule has 1 unspecified atom stereocenters. The first-order chi connectivity index (χ1) is 13.8. The molecule has 0 aliphatic carbocycles. The van der Waals surface area contributed by atoms with Crippen molar-refractivity contribution in [1.29, 1.82) is 0 Å². The lowest BCUT2D eigenvalue weighted by atomic mass is 9.94. The Morgan fingerprint density at radius 2 is 1.79 bits per heavy atom. The fourth-order valence-electron chi connectivity index (χ4n) is 3.40. The van der Waals surface area contributed by atoms with E-state index in [9.17, 15) is 14.7 Å². The number of halogens is 1. The number of amides is 1. The number of likely N-dealkylation sites (N-methyl/N-ethyl adjacent to an activating group) is 1. The van der Waals surface area contributed by atoms with E-state index < -0.39 is 17.7 Å². The van der Waals surface area contributed by atoms with Crippen LogP contribution in [0.5, 0.6) is 5.75 Å². The number of nitrogens with zero attached hydrogens (tertiary/aromatic N) is 2. The first-order valence-electron chi connectivity index (χ1n) is 9.17. The molecule has 2 aromatic carbocycles. The van der Waals surface area contributed by atoms with Gasteiger partial charge in [-0.15, -0.1) is 0 Å². The van der Waals surface area contributed by atoms with Crippen LogP contribution in [0.3, 0.4) is 0 Å². The Kier molecular flexibility index (Phi) is 6.25. The molecule has 6 nitrogen and oxygen atoms in total. The van der Waals surface area contributed by atoms with Crippen molar-refractivity contribution in [3.63, 3.8) is 0 Å². The van der Waals surface area contributed by atoms with Crippen LogP contribution in [0.4, 0.5) is 0 Å². The zero-order valence-corrected chi connectivity index (χ0v) is 17.3. The molecule has 1 amide bonds. The molecule has 0 radical (unpaired) electrons. The second-order valence-electron chi connectivity index (χ2n) is 7.04. The van der Waals surface area contributed by atoms with Gasteiger partial charge in [-0.2, -0.15) is 0 Å². The monoisotopic (exact) mass is 414 g/mol. The number of likely N-dealkylation sites (tertiary alicyclic amines) is 1. The Morgan fingerprint density at radius 1 is 1.14 bits per heavy atom. The number of benzene rings is 2. The number of aliphatic hydroxyl groups is 1. The number of ether oxygens (including phenoxy) is 1. The smallest absolute Gasteiger partial charge is 0.295 e. The van der Waals surface area contributed by atoms with Crippen LogP contribution < -0.4 is 4.74 Å². The molecule has 3 rings (SSSR count). The minimum absolute atomic E-state index is 0.0422. The van der Waals surface area contributed by atoms with Crippen LogP contribution in [0.15, 0.2) is 54.1 Å². The SMILES string of the molecule is COc1ccccc1C1/C(=C(/O)c2ccc(Cl)cc2)C(=O)C(=O)N1CCN(C)C. The van der Waals surface area contributed by atoms with E-state index in [2.05, 4.69) is 0 Å². The van der Waals surface area contributed by atoms with Gasteiger partial charge in [0.25, 0.3) is 11.7 Å². The van der Waals surface area contributed by atoms with Crippen molar-refractivity contribution < 1.29 is 19.4 Å². The summed E-state index contributed by atoms with van der Waals surface area (Å²) in [7, 11) is 5.31. The molecule has 1 N–H and O–H groups in total. The number of aliphatic hydroxyl groups excluding tert-OH is 1. The van der Waals surface area contributed by atoms with Crippen molar-refractivity contribution in [2.45, 2.75) is 6.04 Å². The average molecular weight is 415 g/mol. The van der Waals surface area contributed by atoms with Crippen molar-refractivity contribution in [2.24, 2.45) is 0 Å². The molecule has 152 valence electrons. The summed E-state index contributed by atoms with van der Waals surface area (Å²) in [6.45, 7) is 0.900. The molecule has 0 spiro atoms. The van der Waals surface area contributed by atoms with E-state index in [1.807, 2.05) is 31.1 Å². The highest BCUT2D eigenvalue weighted by Crippen LogP contribution is 2.42. The minimum Gasteiger partial charge on any atom is -0.507 e. The maximum atomic E-state index is 12.9. The number of hydrogen-bond donors (Lipinski definition) is 1. The summed E-state index contributed by atoms with van der Waals surface area (Å²) in [4.78, 5) is 29.2. The highest BCUT2D eigenvalue weighted by Gasteiger charge is 2.46. The molecule has 29 heavy (non-hydrogen) atoms. The molecule has 2 aromatic rings. The third-order valence-electron chi connectivity index (χ3n) is 4.88. The topological polar surface area (TPSA) is 70.1 Å². The molecule has 0 saturated carbocycles.